The van der Waals surface area contributed by atoms with Gasteiger partial charge in [0.15, 0.2) is 0 Å². The normalized spacial score (nSPS) is 12.9. The molecule has 0 fully saturated rings. The summed E-state index contributed by atoms with van der Waals surface area (Å²) in [5.41, 5.74) is 2.14. The molecule has 4 aromatic rings. The summed E-state index contributed by atoms with van der Waals surface area (Å²) in [6.07, 6.45) is -8.96. The van der Waals surface area contributed by atoms with Gasteiger partial charge in [-0.05, 0) is 57.7 Å². The van der Waals surface area contributed by atoms with Crippen LogP contribution in [0, 0.1) is 0 Å². The van der Waals surface area contributed by atoms with Gasteiger partial charge >= 0.3 is 12.4 Å². The van der Waals surface area contributed by atoms with Crippen LogP contribution in [0.15, 0.2) is 109 Å². The average Bonchev–Trinajstić information content (AvgIpc) is 2.83. The summed E-state index contributed by atoms with van der Waals surface area (Å²) in [7, 11) is 0. The molecule has 0 aliphatic heterocycles. The lowest BCUT2D eigenvalue weighted by Gasteiger charge is -2.19. The second-order valence-corrected chi connectivity index (χ2v) is 7.63. The van der Waals surface area contributed by atoms with Crippen LogP contribution in [-0.2, 0) is 12.4 Å². The van der Waals surface area contributed by atoms with Gasteiger partial charge in [0.25, 0.3) is 0 Å². The molecular formula is C28H18F6. The maximum Gasteiger partial charge on any atom is 0.416 e. The van der Waals surface area contributed by atoms with E-state index in [2.05, 4.69) is 0 Å². The van der Waals surface area contributed by atoms with Crippen molar-refractivity contribution >= 4 is 11.1 Å². The summed E-state index contributed by atoms with van der Waals surface area (Å²) in [6.45, 7) is 0. The molecule has 4 aromatic carbocycles. The van der Waals surface area contributed by atoms with Gasteiger partial charge in [-0.3, -0.25) is 0 Å². The van der Waals surface area contributed by atoms with Crippen LogP contribution >= 0.6 is 0 Å². The van der Waals surface area contributed by atoms with Crippen molar-refractivity contribution in [3.05, 3.63) is 143 Å². The largest absolute Gasteiger partial charge is 0.416 e. The molecule has 0 unspecified atom stereocenters. The first-order valence-corrected chi connectivity index (χ1v) is 10.3. The zero-order chi connectivity index (χ0) is 24.3. The Morgan fingerprint density at radius 1 is 0.353 bits per heavy atom. The van der Waals surface area contributed by atoms with Crippen molar-refractivity contribution < 1.29 is 26.3 Å². The Morgan fingerprint density at radius 2 is 0.618 bits per heavy atom. The molecule has 0 heterocycles. The van der Waals surface area contributed by atoms with Gasteiger partial charge in [0, 0.05) is 0 Å². The van der Waals surface area contributed by atoms with Crippen molar-refractivity contribution in [2.24, 2.45) is 0 Å². The van der Waals surface area contributed by atoms with Crippen LogP contribution in [0.3, 0.4) is 0 Å². The van der Waals surface area contributed by atoms with Crippen LogP contribution in [0.2, 0.25) is 0 Å². The van der Waals surface area contributed by atoms with Gasteiger partial charge in [-0.15, -0.1) is 0 Å². The molecule has 172 valence electrons. The van der Waals surface area contributed by atoms with Gasteiger partial charge in [0.05, 0.1) is 11.1 Å². The fraction of sp³-hybridized carbons (Fsp3) is 0.0714. The third-order valence-corrected chi connectivity index (χ3v) is 5.38. The fourth-order valence-electron chi connectivity index (χ4n) is 3.77. The van der Waals surface area contributed by atoms with Gasteiger partial charge in [-0.25, -0.2) is 0 Å². The minimum atomic E-state index is -4.48. The van der Waals surface area contributed by atoms with Crippen molar-refractivity contribution in [3.63, 3.8) is 0 Å². The Balaban J connectivity index is 2.01. The van der Waals surface area contributed by atoms with Gasteiger partial charge in [0.2, 0.25) is 0 Å². The van der Waals surface area contributed by atoms with Crippen molar-refractivity contribution in [3.8, 4) is 0 Å². The number of alkyl halides is 6. The minimum Gasteiger partial charge on any atom is -0.166 e. The van der Waals surface area contributed by atoms with Crippen LogP contribution < -0.4 is 0 Å². The van der Waals surface area contributed by atoms with E-state index in [1.165, 1.54) is 24.3 Å². The van der Waals surface area contributed by atoms with Crippen molar-refractivity contribution in [2.45, 2.75) is 12.4 Å². The molecule has 0 radical (unpaired) electrons. The molecule has 4 rings (SSSR count). The third-order valence-electron chi connectivity index (χ3n) is 5.38. The SMILES string of the molecule is FC(F)(F)c1ccc(/C(=C(\c2ccccc2)c2ccc(C(F)(F)F)cc2)c2ccccc2)cc1. The molecule has 0 aromatic heterocycles. The number of hydrogen-bond acceptors (Lipinski definition) is 0. The standard InChI is InChI=1S/C28H18F6/c29-27(30,31)23-15-11-21(12-16-23)25(19-7-3-1-4-8-19)26(20-9-5-2-6-10-20)22-13-17-24(18-14-22)28(32,33)34/h1-18H/b26-25+. The summed E-state index contributed by atoms with van der Waals surface area (Å²) < 4.78 is 79.0. The van der Waals surface area contributed by atoms with Gasteiger partial charge in [0.1, 0.15) is 0 Å². The summed E-state index contributed by atoms with van der Waals surface area (Å²) in [5.74, 6) is 0. The highest BCUT2D eigenvalue weighted by molar-refractivity contribution is 6.04. The lowest BCUT2D eigenvalue weighted by Crippen LogP contribution is -2.06. The fourth-order valence-corrected chi connectivity index (χ4v) is 3.77. The molecule has 0 saturated heterocycles. The zero-order valence-corrected chi connectivity index (χ0v) is 17.7. The molecule has 34 heavy (non-hydrogen) atoms. The molecular weight excluding hydrogens is 450 g/mol. The molecule has 0 spiro atoms. The van der Waals surface area contributed by atoms with Crippen molar-refractivity contribution in [1.82, 2.24) is 0 Å². The van der Waals surface area contributed by atoms with E-state index in [9.17, 15) is 26.3 Å². The number of halogens is 6. The Morgan fingerprint density at radius 3 is 0.882 bits per heavy atom. The molecule has 0 bridgehead atoms. The molecule has 0 saturated carbocycles. The van der Waals surface area contributed by atoms with E-state index in [0.717, 1.165) is 35.4 Å². The highest BCUT2D eigenvalue weighted by Crippen LogP contribution is 2.39. The first-order valence-electron chi connectivity index (χ1n) is 10.3. The van der Waals surface area contributed by atoms with Crippen LogP contribution in [0.25, 0.3) is 11.1 Å². The monoisotopic (exact) mass is 468 g/mol. The Hall–Kier alpha value is -3.80. The first-order chi connectivity index (χ1) is 16.1. The Bertz CT molecular complexity index is 1160. The number of benzene rings is 4. The molecule has 0 amide bonds. The van der Waals surface area contributed by atoms with Crippen molar-refractivity contribution in [2.75, 3.05) is 0 Å². The summed E-state index contributed by atoms with van der Waals surface area (Å²) in [5, 5.41) is 0. The van der Waals surface area contributed by atoms with Crippen LogP contribution in [0.5, 0.6) is 0 Å². The van der Waals surface area contributed by atoms with E-state index in [1.54, 1.807) is 24.3 Å². The van der Waals surface area contributed by atoms with Crippen LogP contribution in [0.4, 0.5) is 26.3 Å². The highest BCUT2D eigenvalue weighted by Gasteiger charge is 2.31. The van der Waals surface area contributed by atoms with E-state index in [4.69, 9.17) is 0 Å². The topological polar surface area (TPSA) is 0 Å². The molecule has 0 atom stereocenters. The van der Waals surface area contributed by atoms with Crippen molar-refractivity contribution in [1.29, 1.82) is 0 Å². The Labute approximate surface area is 192 Å². The smallest absolute Gasteiger partial charge is 0.166 e. The molecule has 6 heteroatoms. The predicted octanol–water partition coefficient (Wildman–Crippen LogP) is 8.73. The lowest BCUT2D eigenvalue weighted by atomic mass is 9.85. The average molecular weight is 468 g/mol. The van der Waals surface area contributed by atoms with E-state index < -0.39 is 23.5 Å². The van der Waals surface area contributed by atoms with E-state index in [1.807, 2.05) is 36.4 Å². The van der Waals surface area contributed by atoms with E-state index >= 15 is 0 Å². The number of rotatable bonds is 4. The highest BCUT2D eigenvalue weighted by atomic mass is 19.4. The van der Waals surface area contributed by atoms with Crippen LogP contribution in [0.1, 0.15) is 33.4 Å². The van der Waals surface area contributed by atoms with Gasteiger partial charge in [-0.1, -0.05) is 84.9 Å². The Kier molecular flexibility index (Phi) is 6.33. The molecule has 0 N–H and O–H groups in total. The second kappa shape index (κ2) is 9.21. The summed E-state index contributed by atoms with van der Waals surface area (Å²) in [6, 6.07) is 27.7. The first kappa shape index (κ1) is 23.4. The lowest BCUT2D eigenvalue weighted by molar-refractivity contribution is -0.138. The molecule has 0 nitrogen and oxygen atoms in total. The van der Waals surface area contributed by atoms with Gasteiger partial charge in [-0.2, -0.15) is 26.3 Å². The number of hydrogen-bond donors (Lipinski definition) is 0. The quantitative estimate of drug-likeness (QED) is 0.208. The maximum absolute atomic E-state index is 13.2. The second-order valence-electron chi connectivity index (χ2n) is 7.63. The zero-order valence-electron chi connectivity index (χ0n) is 17.7. The minimum absolute atomic E-state index is 0.512. The van der Waals surface area contributed by atoms with E-state index in [-0.39, 0.29) is 0 Å². The molecule has 0 aliphatic rings. The van der Waals surface area contributed by atoms with E-state index in [0.29, 0.717) is 22.3 Å². The van der Waals surface area contributed by atoms with Gasteiger partial charge < -0.3 is 0 Å². The predicted molar refractivity (Wildman–Crippen MR) is 121 cm³/mol. The summed E-state index contributed by atoms with van der Waals surface area (Å²) >= 11 is 0. The third kappa shape index (κ3) is 5.06. The maximum atomic E-state index is 13.2. The van der Waals surface area contributed by atoms with Crippen LogP contribution in [-0.4, -0.2) is 0 Å². The summed E-state index contributed by atoms with van der Waals surface area (Å²) in [4.78, 5) is 0. The molecule has 0 aliphatic carbocycles.